The Morgan fingerprint density at radius 3 is 2.71 bits per heavy atom. The van der Waals surface area contributed by atoms with Gasteiger partial charge in [-0.3, -0.25) is 4.79 Å². The third-order valence-corrected chi connectivity index (χ3v) is 3.33. The Balaban J connectivity index is 1.81. The number of benzene rings is 1. The number of nitrogens with one attached hydrogen (secondary N) is 2. The van der Waals surface area contributed by atoms with Gasteiger partial charge in [0.1, 0.15) is 5.75 Å². The molecule has 1 amide bonds. The van der Waals surface area contributed by atoms with Gasteiger partial charge in [0.15, 0.2) is 0 Å². The highest BCUT2D eigenvalue weighted by atomic mass is 16.5. The monoisotopic (exact) mass is 332 g/mol. The van der Waals surface area contributed by atoms with E-state index in [0.29, 0.717) is 37.7 Å². The van der Waals surface area contributed by atoms with E-state index >= 15 is 0 Å². The average molecular weight is 332 g/mol. The molecule has 2 aromatic rings. The Morgan fingerprint density at radius 2 is 2.00 bits per heavy atom. The zero-order chi connectivity index (χ0) is 17.2. The van der Waals surface area contributed by atoms with Crippen molar-refractivity contribution in [3.05, 3.63) is 30.2 Å². The second kappa shape index (κ2) is 9.67. The van der Waals surface area contributed by atoms with E-state index in [1.807, 2.05) is 38.1 Å². The molecule has 2 N–H and O–H groups in total. The predicted molar refractivity (Wildman–Crippen MR) is 90.8 cm³/mol. The van der Waals surface area contributed by atoms with Crippen LogP contribution < -0.4 is 15.4 Å². The lowest BCUT2D eigenvalue weighted by Gasteiger charge is -2.04. The lowest BCUT2D eigenvalue weighted by atomic mass is 10.2. The zero-order valence-electron chi connectivity index (χ0n) is 14.2. The van der Waals surface area contributed by atoms with Gasteiger partial charge >= 0.3 is 0 Å². The van der Waals surface area contributed by atoms with Crippen molar-refractivity contribution < 1.29 is 14.1 Å². The molecule has 0 radical (unpaired) electrons. The number of carbonyl (C=O) groups excluding carboxylic acids is 1. The van der Waals surface area contributed by atoms with Gasteiger partial charge in [-0.15, -0.1) is 0 Å². The number of carbonyl (C=O) groups is 1. The molecule has 24 heavy (non-hydrogen) atoms. The Kier molecular flexibility index (Phi) is 7.22. The molecule has 0 spiro atoms. The molecule has 0 atom stereocenters. The molecule has 0 fully saturated rings. The maximum absolute atomic E-state index is 11.7. The molecule has 130 valence electrons. The highest BCUT2D eigenvalue weighted by molar-refractivity contribution is 5.76. The quantitative estimate of drug-likeness (QED) is 0.645. The molecule has 0 saturated carbocycles. The summed E-state index contributed by atoms with van der Waals surface area (Å²) in [5, 5.41) is 9.94. The number of rotatable bonds is 10. The number of aryl methyl sites for hydroxylation is 1. The summed E-state index contributed by atoms with van der Waals surface area (Å²) < 4.78 is 10.6. The van der Waals surface area contributed by atoms with Gasteiger partial charge < -0.3 is 19.9 Å². The van der Waals surface area contributed by atoms with Crippen LogP contribution in [0, 0.1) is 0 Å². The van der Waals surface area contributed by atoms with Crippen LogP contribution in [-0.4, -0.2) is 42.3 Å². The summed E-state index contributed by atoms with van der Waals surface area (Å²) >= 11 is 0. The first kappa shape index (κ1) is 17.9. The molecule has 0 aliphatic heterocycles. The van der Waals surface area contributed by atoms with Crippen molar-refractivity contribution in [3.63, 3.8) is 0 Å². The maximum atomic E-state index is 11.7. The number of hydrogen-bond donors (Lipinski definition) is 2. The third kappa shape index (κ3) is 5.66. The summed E-state index contributed by atoms with van der Waals surface area (Å²) in [7, 11) is 0. The molecular weight excluding hydrogens is 308 g/mol. The normalized spacial score (nSPS) is 10.6. The second-order valence-corrected chi connectivity index (χ2v) is 5.17. The van der Waals surface area contributed by atoms with Gasteiger partial charge in [0.2, 0.25) is 17.6 Å². The Labute approximate surface area is 141 Å². The van der Waals surface area contributed by atoms with Gasteiger partial charge in [-0.2, -0.15) is 4.98 Å². The van der Waals surface area contributed by atoms with Crippen LogP contribution in [0.15, 0.2) is 28.8 Å². The summed E-state index contributed by atoms with van der Waals surface area (Å²) in [6.07, 6.45) is 0.758. The van der Waals surface area contributed by atoms with E-state index in [4.69, 9.17) is 9.26 Å². The number of ether oxygens (including phenoxy) is 1. The summed E-state index contributed by atoms with van der Waals surface area (Å²) in [5.41, 5.74) is 0.851. The van der Waals surface area contributed by atoms with Gasteiger partial charge in [-0.1, -0.05) is 12.1 Å². The summed E-state index contributed by atoms with van der Waals surface area (Å²) in [6.45, 7) is 6.88. The maximum Gasteiger partial charge on any atom is 0.227 e. The molecule has 0 aliphatic carbocycles. The Hall–Kier alpha value is -2.41. The topological polar surface area (TPSA) is 89.3 Å². The fraction of sp³-hybridized carbons (Fsp3) is 0.471. The van der Waals surface area contributed by atoms with E-state index < -0.39 is 0 Å². The summed E-state index contributed by atoms with van der Waals surface area (Å²) in [6, 6.07) is 7.50. The first-order chi connectivity index (χ1) is 11.7. The second-order valence-electron chi connectivity index (χ2n) is 5.17. The van der Waals surface area contributed by atoms with Crippen molar-refractivity contribution in [1.29, 1.82) is 0 Å². The van der Waals surface area contributed by atoms with Gasteiger partial charge in [0.25, 0.3) is 0 Å². The minimum absolute atomic E-state index is 0.0197. The minimum Gasteiger partial charge on any atom is -0.494 e. The Morgan fingerprint density at radius 1 is 1.21 bits per heavy atom. The van der Waals surface area contributed by atoms with Crippen molar-refractivity contribution in [1.82, 2.24) is 20.8 Å². The van der Waals surface area contributed by atoms with Gasteiger partial charge in [0, 0.05) is 31.5 Å². The lowest BCUT2D eigenvalue weighted by molar-refractivity contribution is -0.121. The molecule has 0 bridgehead atoms. The van der Waals surface area contributed by atoms with Crippen molar-refractivity contribution >= 4 is 5.91 Å². The number of amides is 1. The van der Waals surface area contributed by atoms with E-state index in [0.717, 1.165) is 24.4 Å². The third-order valence-electron chi connectivity index (χ3n) is 3.33. The highest BCUT2D eigenvalue weighted by Crippen LogP contribution is 2.20. The van der Waals surface area contributed by atoms with Crippen molar-refractivity contribution in [2.75, 3.05) is 26.2 Å². The SMILES string of the molecule is CCNCCNC(=O)CCc1nc(-c2ccc(OCC)cc2)no1. The fourth-order valence-corrected chi connectivity index (χ4v) is 2.12. The van der Waals surface area contributed by atoms with Crippen LogP contribution in [0.1, 0.15) is 26.2 Å². The standard InChI is InChI=1S/C17H24N4O3/c1-3-18-11-12-19-15(22)9-10-16-20-17(21-24-16)13-5-7-14(8-6-13)23-4-2/h5-8,18H,3-4,9-12H2,1-2H3,(H,19,22). The van der Waals surface area contributed by atoms with Crippen molar-refractivity contribution in [2.24, 2.45) is 0 Å². The number of hydrogen-bond acceptors (Lipinski definition) is 6. The van der Waals surface area contributed by atoms with Crippen LogP contribution in [0.5, 0.6) is 5.75 Å². The Bertz CT molecular complexity index is 625. The van der Waals surface area contributed by atoms with Crippen LogP contribution >= 0.6 is 0 Å². The van der Waals surface area contributed by atoms with Crippen LogP contribution in [-0.2, 0) is 11.2 Å². The van der Waals surface area contributed by atoms with Crippen molar-refractivity contribution in [2.45, 2.75) is 26.7 Å². The summed E-state index contributed by atoms with van der Waals surface area (Å²) in [4.78, 5) is 16.0. The molecular formula is C17H24N4O3. The largest absolute Gasteiger partial charge is 0.494 e. The van der Waals surface area contributed by atoms with Gasteiger partial charge in [0.05, 0.1) is 6.61 Å². The van der Waals surface area contributed by atoms with E-state index in [-0.39, 0.29) is 5.91 Å². The molecule has 0 aliphatic rings. The van der Waals surface area contributed by atoms with Crippen LogP contribution in [0.2, 0.25) is 0 Å². The van der Waals surface area contributed by atoms with Crippen LogP contribution in [0.3, 0.4) is 0 Å². The molecule has 1 heterocycles. The van der Waals surface area contributed by atoms with E-state index in [1.165, 1.54) is 0 Å². The van der Waals surface area contributed by atoms with Crippen molar-refractivity contribution in [3.8, 4) is 17.1 Å². The van der Waals surface area contributed by atoms with Crippen LogP contribution in [0.25, 0.3) is 11.4 Å². The average Bonchev–Trinajstić information content (AvgIpc) is 3.07. The summed E-state index contributed by atoms with van der Waals surface area (Å²) in [5.74, 6) is 1.76. The minimum atomic E-state index is -0.0197. The van der Waals surface area contributed by atoms with Gasteiger partial charge in [-0.25, -0.2) is 0 Å². The molecule has 2 rings (SSSR count). The van der Waals surface area contributed by atoms with E-state index in [2.05, 4.69) is 20.8 Å². The van der Waals surface area contributed by atoms with Crippen LogP contribution in [0.4, 0.5) is 0 Å². The molecule has 1 aromatic heterocycles. The number of aromatic nitrogens is 2. The highest BCUT2D eigenvalue weighted by Gasteiger charge is 2.10. The molecule has 0 saturated heterocycles. The first-order valence-corrected chi connectivity index (χ1v) is 8.26. The molecule has 7 nitrogen and oxygen atoms in total. The predicted octanol–water partition coefficient (Wildman–Crippen LogP) is 1.79. The molecule has 1 aromatic carbocycles. The number of nitrogens with zero attached hydrogens (tertiary/aromatic N) is 2. The van der Waals surface area contributed by atoms with Gasteiger partial charge in [-0.05, 0) is 37.7 Å². The van der Waals surface area contributed by atoms with E-state index in [1.54, 1.807) is 0 Å². The lowest BCUT2D eigenvalue weighted by Crippen LogP contribution is -2.31. The molecule has 0 unspecified atom stereocenters. The molecule has 7 heteroatoms. The first-order valence-electron chi connectivity index (χ1n) is 8.26. The smallest absolute Gasteiger partial charge is 0.227 e. The fourth-order valence-electron chi connectivity index (χ4n) is 2.12. The zero-order valence-corrected chi connectivity index (χ0v) is 14.2. The van der Waals surface area contributed by atoms with E-state index in [9.17, 15) is 4.79 Å². The number of likely N-dealkylation sites (N-methyl/N-ethyl adjacent to an activating group) is 1.